The average molecular weight is 276 g/mol. The zero-order chi connectivity index (χ0) is 14.5. The summed E-state index contributed by atoms with van der Waals surface area (Å²) in [5, 5.41) is 0.915. The molecule has 1 aromatic heterocycles. The van der Waals surface area contributed by atoms with Crippen LogP contribution in [0.15, 0.2) is 27.4 Å². The van der Waals surface area contributed by atoms with E-state index in [4.69, 9.17) is 13.9 Å². The Balaban J connectivity index is 2.71. The Morgan fingerprint density at radius 2 is 1.85 bits per heavy atom. The van der Waals surface area contributed by atoms with Gasteiger partial charge in [0.25, 0.3) is 0 Å². The molecule has 0 saturated carbocycles. The Morgan fingerprint density at radius 3 is 2.50 bits per heavy atom. The largest absolute Gasteiger partial charge is 0.490 e. The van der Waals surface area contributed by atoms with Gasteiger partial charge >= 0.3 is 5.63 Å². The Labute approximate surface area is 118 Å². The molecule has 0 radical (unpaired) electrons. The van der Waals surface area contributed by atoms with Crippen molar-refractivity contribution in [2.45, 2.75) is 33.6 Å². The Bertz CT molecular complexity index is 643. The van der Waals surface area contributed by atoms with Crippen LogP contribution in [0.1, 0.15) is 32.8 Å². The second-order valence-corrected chi connectivity index (χ2v) is 4.48. The third kappa shape index (κ3) is 2.79. The summed E-state index contributed by atoms with van der Waals surface area (Å²) in [7, 11) is 0. The van der Waals surface area contributed by atoms with Crippen molar-refractivity contribution in [3.8, 4) is 11.5 Å². The minimum absolute atomic E-state index is 0.351. The van der Waals surface area contributed by atoms with Gasteiger partial charge in [-0.3, -0.25) is 0 Å². The fourth-order valence-corrected chi connectivity index (χ4v) is 2.28. The lowest BCUT2D eigenvalue weighted by molar-refractivity contribution is 0.286. The molecule has 4 heteroatoms. The highest BCUT2D eigenvalue weighted by Crippen LogP contribution is 2.36. The van der Waals surface area contributed by atoms with Crippen LogP contribution in [0.3, 0.4) is 0 Å². The molecule has 0 amide bonds. The number of rotatable bonds is 6. The SMILES string of the molecule is CCCc1cc(=O)oc2c(OCC)c(OCC)ccc12. The van der Waals surface area contributed by atoms with Crippen molar-refractivity contribution >= 4 is 11.0 Å². The van der Waals surface area contributed by atoms with Crippen molar-refractivity contribution in [3.63, 3.8) is 0 Å². The van der Waals surface area contributed by atoms with Crippen molar-refractivity contribution < 1.29 is 13.9 Å². The van der Waals surface area contributed by atoms with Crippen LogP contribution in [0.4, 0.5) is 0 Å². The number of aryl methyl sites for hydroxylation is 1. The Morgan fingerprint density at radius 1 is 1.10 bits per heavy atom. The minimum atomic E-state index is -0.351. The minimum Gasteiger partial charge on any atom is -0.490 e. The first-order valence-corrected chi connectivity index (χ1v) is 7.06. The molecule has 0 saturated heterocycles. The van der Waals surface area contributed by atoms with E-state index in [0.29, 0.717) is 30.3 Å². The molecular weight excluding hydrogens is 256 g/mol. The van der Waals surface area contributed by atoms with Crippen molar-refractivity contribution in [1.29, 1.82) is 0 Å². The predicted molar refractivity (Wildman–Crippen MR) is 78.8 cm³/mol. The van der Waals surface area contributed by atoms with Gasteiger partial charge in [0.2, 0.25) is 5.75 Å². The second kappa shape index (κ2) is 6.46. The number of ether oxygens (including phenoxy) is 2. The molecule has 108 valence electrons. The van der Waals surface area contributed by atoms with Crippen LogP contribution in [0.25, 0.3) is 11.0 Å². The van der Waals surface area contributed by atoms with E-state index in [2.05, 4.69) is 6.92 Å². The summed E-state index contributed by atoms with van der Waals surface area (Å²) in [6, 6.07) is 5.36. The van der Waals surface area contributed by atoms with Gasteiger partial charge < -0.3 is 13.9 Å². The summed E-state index contributed by atoms with van der Waals surface area (Å²) in [6.45, 7) is 6.90. The van der Waals surface area contributed by atoms with Crippen LogP contribution in [0.2, 0.25) is 0 Å². The summed E-state index contributed by atoms with van der Waals surface area (Å²) in [5.41, 5.74) is 1.12. The van der Waals surface area contributed by atoms with Crippen LogP contribution in [0.5, 0.6) is 11.5 Å². The van der Waals surface area contributed by atoms with Crippen molar-refractivity contribution in [2.24, 2.45) is 0 Å². The van der Waals surface area contributed by atoms with E-state index < -0.39 is 0 Å². The van der Waals surface area contributed by atoms with Crippen LogP contribution in [0, 0.1) is 0 Å². The molecule has 2 rings (SSSR count). The van der Waals surface area contributed by atoms with Gasteiger partial charge in [0.15, 0.2) is 11.3 Å². The molecule has 0 aliphatic carbocycles. The first-order valence-electron chi connectivity index (χ1n) is 7.06. The van der Waals surface area contributed by atoms with E-state index >= 15 is 0 Å². The molecule has 2 aromatic rings. The molecule has 4 nitrogen and oxygen atoms in total. The monoisotopic (exact) mass is 276 g/mol. The number of hydrogen-bond acceptors (Lipinski definition) is 4. The topological polar surface area (TPSA) is 48.7 Å². The van der Waals surface area contributed by atoms with Crippen molar-refractivity contribution in [3.05, 3.63) is 34.2 Å². The van der Waals surface area contributed by atoms with E-state index in [0.717, 1.165) is 23.8 Å². The lowest BCUT2D eigenvalue weighted by atomic mass is 10.1. The summed E-state index contributed by atoms with van der Waals surface area (Å²) < 4.78 is 16.5. The van der Waals surface area contributed by atoms with Crippen LogP contribution >= 0.6 is 0 Å². The molecule has 0 unspecified atom stereocenters. The van der Waals surface area contributed by atoms with Gasteiger partial charge in [-0.25, -0.2) is 4.79 Å². The molecule has 0 spiro atoms. The smallest absolute Gasteiger partial charge is 0.336 e. The summed E-state index contributed by atoms with van der Waals surface area (Å²) in [6.07, 6.45) is 1.80. The fraction of sp³-hybridized carbons (Fsp3) is 0.438. The summed E-state index contributed by atoms with van der Waals surface area (Å²) >= 11 is 0. The van der Waals surface area contributed by atoms with Gasteiger partial charge in [-0.1, -0.05) is 13.3 Å². The average Bonchev–Trinajstić information content (AvgIpc) is 2.42. The van der Waals surface area contributed by atoms with Gasteiger partial charge in [-0.05, 0) is 38.0 Å². The van der Waals surface area contributed by atoms with Gasteiger partial charge in [-0.15, -0.1) is 0 Å². The van der Waals surface area contributed by atoms with Gasteiger partial charge in [0.05, 0.1) is 13.2 Å². The second-order valence-electron chi connectivity index (χ2n) is 4.48. The lowest BCUT2D eigenvalue weighted by Gasteiger charge is -2.13. The van der Waals surface area contributed by atoms with Crippen LogP contribution < -0.4 is 15.1 Å². The molecular formula is C16H20O4. The van der Waals surface area contributed by atoms with Crippen molar-refractivity contribution in [1.82, 2.24) is 0 Å². The fourth-order valence-electron chi connectivity index (χ4n) is 2.28. The van der Waals surface area contributed by atoms with E-state index in [9.17, 15) is 4.79 Å². The molecule has 20 heavy (non-hydrogen) atoms. The van der Waals surface area contributed by atoms with Crippen LogP contribution in [-0.2, 0) is 6.42 Å². The maximum absolute atomic E-state index is 11.7. The maximum atomic E-state index is 11.7. The van der Waals surface area contributed by atoms with E-state index in [1.165, 1.54) is 0 Å². The summed E-state index contributed by atoms with van der Waals surface area (Å²) in [4.78, 5) is 11.7. The molecule has 1 aromatic carbocycles. The predicted octanol–water partition coefficient (Wildman–Crippen LogP) is 3.54. The highest BCUT2D eigenvalue weighted by Gasteiger charge is 2.15. The zero-order valence-electron chi connectivity index (χ0n) is 12.2. The van der Waals surface area contributed by atoms with Gasteiger partial charge in [0.1, 0.15) is 0 Å². The van der Waals surface area contributed by atoms with E-state index in [1.807, 2.05) is 26.0 Å². The number of hydrogen-bond donors (Lipinski definition) is 0. The molecule has 1 heterocycles. The zero-order valence-corrected chi connectivity index (χ0v) is 12.2. The third-order valence-corrected chi connectivity index (χ3v) is 3.02. The maximum Gasteiger partial charge on any atom is 0.336 e. The normalized spacial score (nSPS) is 10.8. The Hall–Kier alpha value is -1.97. The molecule has 0 fully saturated rings. The lowest BCUT2D eigenvalue weighted by Crippen LogP contribution is -2.04. The molecule has 0 aliphatic heterocycles. The van der Waals surface area contributed by atoms with Crippen LogP contribution in [-0.4, -0.2) is 13.2 Å². The van der Waals surface area contributed by atoms with E-state index in [-0.39, 0.29) is 5.63 Å². The molecule has 0 atom stereocenters. The Kier molecular flexibility index (Phi) is 4.66. The quantitative estimate of drug-likeness (QED) is 0.757. The first-order chi connectivity index (χ1) is 9.71. The number of fused-ring (bicyclic) bond motifs is 1. The summed E-state index contributed by atoms with van der Waals surface area (Å²) in [5.74, 6) is 1.13. The molecule has 0 bridgehead atoms. The van der Waals surface area contributed by atoms with Gasteiger partial charge in [-0.2, -0.15) is 0 Å². The van der Waals surface area contributed by atoms with Gasteiger partial charge in [0, 0.05) is 11.5 Å². The number of benzene rings is 1. The highest BCUT2D eigenvalue weighted by molar-refractivity contribution is 5.88. The first kappa shape index (κ1) is 14.4. The third-order valence-electron chi connectivity index (χ3n) is 3.02. The molecule has 0 N–H and O–H groups in total. The standard InChI is InChI=1S/C16H20O4/c1-4-7-11-10-14(17)20-15-12(11)8-9-13(18-5-2)16(15)19-6-3/h8-10H,4-7H2,1-3H3. The highest BCUT2D eigenvalue weighted by atomic mass is 16.5. The van der Waals surface area contributed by atoms with E-state index in [1.54, 1.807) is 6.07 Å². The molecule has 0 aliphatic rings. The van der Waals surface area contributed by atoms with Crippen molar-refractivity contribution in [2.75, 3.05) is 13.2 Å².